The topological polar surface area (TPSA) is 39.5 Å². The van der Waals surface area contributed by atoms with Crippen molar-refractivity contribution in [2.75, 3.05) is 26.2 Å². The Kier molecular flexibility index (Phi) is 7.23. The number of rotatable bonds is 9. The Bertz CT molecular complexity index is 744. The Labute approximate surface area is 175 Å². The second kappa shape index (κ2) is 10.3. The standard InChI is InChI=1S/C24H35N3O2/c1-20-18-22(19-29-23-8-3-2-4-9-23)27(25-20)21-10-12-24(13-11-21)28-17-7-16-26-14-5-6-15-26/h10-13,18,23H,2-9,14-17,19H2,1H3. The van der Waals surface area contributed by atoms with Crippen molar-refractivity contribution >= 4 is 0 Å². The van der Waals surface area contributed by atoms with E-state index >= 15 is 0 Å². The van der Waals surface area contributed by atoms with Crippen LogP contribution in [0.15, 0.2) is 30.3 Å². The van der Waals surface area contributed by atoms with Crippen molar-refractivity contribution in [1.82, 2.24) is 14.7 Å². The average Bonchev–Trinajstić information content (AvgIpc) is 3.40. The van der Waals surface area contributed by atoms with Gasteiger partial charge in [0.25, 0.3) is 0 Å². The van der Waals surface area contributed by atoms with Crippen LogP contribution in [0.5, 0.6) is 5.75 Å². The number of hydrogen-bond acceptors (Lipinski definition) is 4. The Morgan fingerprint density at radius 1 is 1.00 bits per heavy atom. The van der Waals surface area contributed by atoms with Gasteiger partial charge in [0.1, 0.15) is 5.75 Å². The lowest BCUT2D eigenvalue weighted by molar-refractivity contribution is 0.0144. The number of hydrogen-bond donors (Lipinski definition) is 0. The van der Waals surface area contributed by atoms with E-state index in [1.165, 1.54) is 58.0 Å². The summed E-state index contributed by atoms with van der Waals surface area (Å²) in [5.74, 6) is 0.930. The number of aromatic nitrogens is 2. The molecule has 1 aromatic heterocycles. The molecule has 0 radical (unpaired) electrons. The minimum atomic E-state index is 0.406. The van der Waals surface area contributed by atoms with Crippen LogP contribution in [0, 0.1) is 6.92 Å². The Morgan fingerprint density at radius 2 is 1.76 bits per heavy atom. The van der Waals surface area contributed by atoms with E-state index < -0.39 is 0 Å². The molecule has 2 aliphatic rings. The molecular formula is C24H35N3O2. The summed E-state index contributed by atoms with van der Waals surface area (Å²) < 4.78 is 14.1. The van der Waals surface area contributed by atoms with E-state index in [0.29, 0.717) is 12.7 Å². The van der Waals surface area contributed by atoms with E-state index in [-0.39, 0.29) is 0 Å². The highest BCUT2D eigenvalue weighted by molar-refractivity contribution is 5.38. The smallest absolute Gasteiger partial charge is 0.119 e. The molecule has 5 nitrogen and oxygen atoms in total. The van der Waals surface area contributed by atoms with Crippen LogP contribution < -0.4 is 4.74 Å². The highest BCUT2D eigenvalue weighted by Crippen LogP contribution is 2.23. The zero-order valence-electron chi connectivity index (χ0n) is 17.8. The fourth-order valence-corrected chi connectivity index (χ4v) is 4.48. The van der Waals surface area contributed by atoms with Crippen molar-refractivity contribution in [2.45, 2.75) is 71.0 Å². The molecule has 2 heterocycles. The molecular weight excluding hydrogens is 362 g/mol. The molecule has 0 amide bonds. The van der Waals surface area contributed by atoms with E-state index in [9.17, 15) is 0 Å². The molecule has 1 aliphatic carbocycles. The van der Waals surface area contributed by atoms with Gasteiger partial charge in [0.15, 0.2) is 0 Å². The lowest BCUT2D eigenvalue weighted by Crippen LogP contribution is -2.21. The summed E-state index contributed by atoms with van der Waals surface area (Å²) in [5.41, 5.74) is 3.20. The molecule has 0 spiro atoms. The van der Waals surface area contributed by atoms with Crippen LogP contribution in [0.1, 0.15) is 62.8 Å². The van der Waals surface area contributed by atoms with E-state index in [4.69, 9.17) is 9.47 Å². The van der Waals surface area contributed by atoms with E-state index in [2.05, 4.69) is 28.2 Å². The van der Waals surface area contributed by atoms with Crippen LogP contribution in [0.2, 0.25) is 0 Å². The van der Waals surface area contributed by atoms with Gasteiger partial charge < -0.3 is 14.4 Å². The first-order chi connectivity index (χ1) is 14.3. The van der Waals surface area contributed by atoms with Crippen molar-refractivity contribution in [3.63, 3.8) is 0 Å². The van der Waals surface area contributed by atoms with Crippen LogP contribution in [0.4, 0.5) is 0 Å². The minimum absolute atomic E-state index is 0.406. The van der Waals surface area contributed by atoms with Crippen LogP contribution in [0.3, 0.4) is 0 Å². The molecule has 158 valence electrons. The van der Waals surface area contributed by atoms with Crippen molar-refractivity contribution in [2.24, 2.45) is 0 Å². The summed E-state index contributed by atoms with van der Waals surface area (Å²) >= 11 is 0. The summed E-state index contributed by atoms with van der Waals surface area (Å²) in [4.78, 5) is 2.53. The molecule has 0 atom stereocenters. The van der Waals surface area contributed by atoms with Crippen molar-refractivity contribution in [1.29, 1.82) is 0 Å². The SMILES string of the molecule is Cc1cc(COC2CCCCC2)n(-c2ccc(OCCCN3CCCC3)cc2)n1. The first kappa shape index (κ1) is 20.4. The van der Waals surface area contributed by atoms with Crippen molar-refractivity contribution in [3.8, 4) is 11.4 Å². The van der Waals surface area contributed by atoms with Gasteiger partial charge in [-0.15, -0.1) is 0 Å². The lowest BCUT2D eigenvalue weighted by Gasteiger charge is -2.22. The van der Waals surface area contributed by atoms with Gasteiger partial charge in [-0.1, -0.05) is 19.3 Å². The third-order valence-electron chi connectivity index (χ3n) is 6.09. The zero-order chi connectivity index (χ0) is 19.9. The molecule has 1 aromatic carbocycles. The molecule has 1 saturated carbocycles. The largest absolute Gasteiger partial charge is 0.494 e. The van der Waals surface area contributed by atoms with Crippen LogP contribution in [-0.4, -0.2) is 47.0 Å². The van der Waals surface area contributed by atoms with Crippen LogP contribution in [0.25, 0.3) is 5.69 Å². The Balaban J connectivity index is 1.29. The normalized spacial score (nSPS) is 18.4. The molecule has 29 heavy (non-hydrogen) atoms. The number of likely N-dealkylation sites (tertiary alicyclic amines) is 1. The van der Waals surface area contributed by atoms with Crippen molar-refractivity contribution in [3.05, 3.63) is 41.7 Å². The van der Waals surface area contributed by atoms with E-state index in [1.807, 2.05) is 23.7 Å². The monoisotopic (exact) mass is 397 g/mol. The molecule has 2 aromatic rings. The van der Waals surface area contributed by atoms with Gasteiger partial charge in [-0.05, 0) is 82.4 Å². The third-order valence-corrected chi connectivity index (χ3v) is 6.09. The lowest BCUT2D eigenvalue weighted by atomic mass is 9.98. The summed E-state index contributed by atoms with van der Waals surface area (Å²) in [7, 11) is 0. The Hall–Kier alpha value is -1.85. The number of nitrogens with zero attached hydrogens (tertiary/aromatic N) is 3. The highest BCUT2D eigenvalue weighted by atomic mass is 16.5. The predicted octanol–water partition coefficient (Wildman–Crippen LogP) is 4.89. The average molecular weight is 398 g/mol. The van der Waals surface area contributed by atoms with Gasteiger partial charge in [-0.2, -0.15) is 5.10 Å². The molecule has 0 N–H and O–H groups in total. The number of benzene rings is 1. The maximum absolute atomic E-state index is 6.19. The molecule has 0 bridgehead atoms. The first-order valence-corrected chi connectivity index (χ1v) is 11.4. The molecule has 5 heteroatoms. The van der Waals surface area contributed by atoms with E-state index in [0.717, 1.165) is 42.4 Å². The van der Waals surface area contributed by atoms with Crippen LogP contribution in [-0.2, 0) is 11.3 Å². The fraction of sp³-hybridized carbons (Fsp3) is 0.625. The number of ether oxygens (including phenoxy) is 2. The molecule has 1 aliphatic heterocycles. The summed E-state index contributed by atoms with van der Waals surface area (Å²) in [6, 6.07) is 10.4. The Morgan fingerprint density at radius 3 is 2.52 bits per heavy atom. The fourth-order valence-electron chi connectivity index (χ4n) is 4.48. The maximum atomic E-state index is 6.19. The van der Waals surface area contributed by atoms with Crippen molar-refractivity contribution < 1.29 is 9.47 Å². The van der Waals surface area contributed by atoms with Gasteiger partial charge in [0, 0.05) is 6.54 Å². The quantitative estimate of drug-likeness (QED) is 0.565. The van der Waals surface area contributed by atoms with Gasteiger partial charge >= 0.3 is 0 Å². The predicted molar refractivity (Wildman–Crippen MR) is 116 cm³/mol. The van der Waals surface area contributed by atoms with Gasteiger partial charge in [0.2, 0.25) is 0 Å². The zero-order valence-corrected chi connectivity index (χ0v) is 17.8. The maximum Gasteiger partial charge on any atom is 0.119 e. The summed E-state index contributed by atoms with van der Waals surface area (Å²) in [5, 5.41) is 4.68. The first-order valence-electron chi connectivity index (χ1n) is 11.4. The van der Waals surface area contributed by atoms with E-state index in [1.54, 1.807) is 0 Å². The molecule has 1 saturated heterocycles. The van der Waals surface area contributed by atoms with Gasteiger partial charge in [-0.25, -0.2) is 4.68 Å². The minimum Gasteiger partial charge on any atom is -0.494 e. The second-order valence-corrected chi connectivity index (χ2v) is 8.50. The molecule has 2 fully saturated rings. The van der Waals surface area contributed by atoms with Gasteiger partial charge in [-0.3, -0.25) is 0 Å². The van der Waals surface area contributed by atoms with Crippen LogP contribution >= 0.6 is 0 Å². The highest BCUT2D eigenvalue weighted by Gasteiger charge is 2.16. The summed E-state index contributed by atoms with van der Waals surface area (Å²) in [6.45, 7) is 7.10. The second-order valence-electron chi connectivity index (χ2n) is 8.50. The molecule has 0 unspecified atom stereocenters. The third kappa shape index (κ3) is 5.83. The molecule has 4 rings (SSSR count). The number of aryl methyl sites for hydroxylation is 1. The van der Waals surface area contributed by atoms with Gasteiger partial charge in [0.05, 0.1) is 36.4 Å². The summed E-state index contributed by atoms with van der Waals surface area (Å²) in [6.07, 6.45) is 10.5.